The van der Waals surface area contributed by atoms with Crippen molar-refractivity contribution >= 4 is 11.8 Å². The number of hydrogen-bond acceptors (Lipinski definition) is 2. The maximum atomic E-state index is 12.6. The number of rotatable bonds is 2. The molecule has 2 N–H and O–H groups in total. The van der Waals surface area contributed by atoms with Gasteiger partial charge in [-0.1, -0.05) is 58.7 Å². The van der Waals surface area contributed by atoms with E-state index >= 15 is 0 Å². The first-order valence-electron chi connectivity index (χ1n) is 8.10. The third-order valence-electron chi connectivity index (χ3n) is 4.25. The number of hydrogen-bond donors (Lipinski definition) is 2. The van der Waals surface area contributed by atoms with Crippen LogP contribution < -0.4 is 10.6 Å². The number of benzene rings is 2. The molecular formula is C20H22N2O2. The predicted octanol–water partition coefficient (Wildman–Crippen LogP) is 2.95. The topological polar surface area (TPSA) is 58.2 Å². The average Bonchev–Trinajstić information content (AvgIpc) is 2.47. The molecule has 1 heterocycles. The molecule has 0 radical (unpaired) electrons. The van der Waals surface area contributed by atoms with Gasteiger partial charge in [0, 0.05) is 0 Å². The maximum absolute atomic E-state index is 12.6. The van der Waals surface area contributed by atoms with E-state index in [1.807, 2.05) is 64.1 Å². The van der Waals surface area contributed by atoms with Crippen molar-refractivity contribution in [1.29, 1.82) is 0 Å². The molecule has 1 aliphatic heterocycles. The maximum Gasteiger partial charge on any atom is 0.248 e. The minimum absolute atomic E-state index is 0.177. The van der Waals surface area contributed by atoms with Crippen LogP contribution in [0.5, 0.6) is 0 Å². The quantitative estimate of drug-likeness (QED) is 0.893. The molecule has 0 spiro atoms. The highest BCUT2D eigenvalue weighted by Crippen LogP contribution is 2.25. The smallest absolute Gasteiger partial charge is 0.248 e. The van der Waals surface area contributed by atoms with Crippen molar-refractivity contribution in [1.82, 2.24) is 10.6 Å². The molecule has 4 nitrogen and oxygen atoms in total. The molecule has 2 amide bonds. The molecule has 0 aliphatic carbocycles. The Kier molecular flexibility index (Phi) is 4.14. The molecule has 0 aromatic heterocycles. The summed E-state index contributed by atoms with van der Waals surface area (Å²) in [6.45, 7) is 7.93. The van der Waals surface area contributed by atoms with Gasteiger partial charge in [0.05, 0.1) is 0 Å². The van der Waals surface area contributed by atoms with Gasteiger partial charge in [0.15, 0.2) is 0 Å². The van der Waals surface area contributed by atoms with Crippen LogP contribution in [0.4, 0.5) is 0 Å². The molecule has 3 rings (SSSR count). The van der Waals surface area contributed by atoms with Crippen LogP contribution in [0.2, 0.25) is 0 Å². The summed E-state index contributed by atoms with van der Waals surface area (Å²) >= 11 is 0. The molecule has 2 aromatic carbocycles. The molecule has 2 aromatic rings. The Hall–Kier alpha value is -2.62. The van der Waals surface area contributed by atoms with Gasteiger partial charge in [0.25, 0.3) is 0 Å². The van der Waals surface area contributed by atoms with Gasteiger partial charge < -0.3 is 10.6 Å². The summed E-state index contributed by atoms with van der Waals surface area (Å²) in [5.74, 6) is -0.354. The van der Waals surface area contributed by atoms with Gasteiger partial charge in [-0.3, -0.25) is 9.59 Å². The van der Waals surface area contributed by atoms with Crippen molar-refractivity contribution in [3.8, 4) is 0 Å². The lowest BCUT2D eigenvalue weighted by Crippen LogP contribution is -2.53. The molecule has 1 fully saturated rings. The van der Waals surface area contributed by atoms with Gasteiger partial charge >= 0.3 is 0 Å². The number of nitrogens with one attached hydrogen (secondary N) is 2. The first kappa shape index (κ1) is 16.2. The molecule has 1 saturated heterocycles. The number of carbonyl (C=O) groups excluding carboxylic acids is 2. The summed E-state index contributed by atoms with van der Waals surface area (Å²) in [4.78, 5) is 25.2. The Morgan fingerprint density at radius 3 is 1.17 bits per heavy atom. The van der Waals surface area contributed by atoms with Gasteiger partial charge in [-0.25, -0.2) is 0 Å². The summed E-state index contributed by atoms with van der Waals surface area (Å²) in [6, 6.07) is 10.6. The Bertz CT molecular complexity index is 716. The Balaban J connectivity index is 1.89. The van der Waals surface area contributed by atoms with Crippen molar-refractivity contribution in [2.45, 2.75) is 39.8 Å². The highest BCUT2D eigenvalue weighted by atomic mass is 16.2. The lowest BCUT2D eigenvalue weighted by Gasteiger charge is -2.30. The molecule has 4 heteroatoms. The SMILES string of the molecule is Cc1cc(C)cc(C2NC(=O)C(c3cc(C)cc(C)c3)NC2=O)c1. The van der Waals surface area contributed by atoms with Crippen LogP contribution in [0.25, 0.3) is 0 Å². The molecule has 2 unspecified atom stereocenters. The number of aryl methyl sites for hydroxylation is 4. The fourth-order valence-electron chi connectivity index (χ4n) is 3.40. The minimum Gasteiger partial charge on any atom is -0.338 e. The minimum atomic E-state index is -0.641. The third-order valence-corrected chi connectivity index (χ3v) is 4.25. The summed E-state index contributed by atoms with van der Waals surface area (Å²) in [6.07, 6.45) is 0. The Morgan fingerprint density at radius 2 is 0.875 bits per heavy atom. The van der Waals surface area contributed by atoms with E-state index in [0.29, 0.717) is 0 Å². The molecule has 2 atom stereocenters. The fourth-order valence-corrected chi connectivity index (χ4v) is 3.40. The zero-order valence-corrected chi connectivity index (χ0v) is 14.4. The second-order valence-electron chi connectivity index (χ2n) is 6.73. The van der Waals surface area contributed by atoms with Crippen molar-refractivity contribution in [3.05, 3.63) is 69.8 Å². The third kappa shape index (κ3) is 3.18. The van der Waals surface area contributed by atoms with Crippen molar-refractivity contribution in [3.63, 3.8) is 0 Å². The number of piperazine rings is 1. The average molecular weight is 322 g/mol. The Morgan fingerprint density at radius 1 is 0.583 bits per heavy atom. The van der Waals surface area contributed by atoms with E-state index in [2.05, 4.69) is 10.6 Å². The lowest BCUT2D eigenvalue weighted by atomic mass is 9.95. The number of carbonyl (C=O) groups is 2. The van der Waals surface area contributed by atoms with Gasteiger partial charge in [-0.2, -0.15) is 0 Å². The number of amides is 2. The normalized spacial score (nSPS) is 20.5. The Labute approximate surface area is 142 Å². The summed E-state index contributed by atoms with van der Waals surface area (Å²) in [7, 11) is 0. The van der Waals surface area contributed by atoms with E-state index in [1.165, 1.54) is 0 Å². The van der Waals surface area contributed by atoms with E-state index in [0.717, 1.165) is 33.4 Å². The summed E-state index contributed by atoms with van der Waals surface area (Å²) in [5.41, 5.74) is 5.92. The monoisotopic (exact) mass is 322 g/mol. The van der Waals surface area contributed by atoms with Gasteiger partial charge in [-0.05, 0) is 38.8 Å². The zero-order valence-electron chi connectivity index (χ0n) is 14.4. The van der Waals surface area contributed by atoms with Crippen LogP contribution in [0, 0.1) is 27.7 Å². The first-order valence-corrected chi connectivity index (χ1v) is 8.10. The predicted molar refractivity (Wildman–Crippen MR) is 93.6 cm³/mol. The molecule has 0 saturated carbocycles. The van der Waals surface area contributed by atoms with Crippen LogP contribution >= 0.6 is 0 Å². The van der Waals surface area contributed by atoms with E-state index in [4.69, 9.17) is 0 Å². The van der Waals surface area contributed by atoms with Crippen molar-refractivity contribution in [2.24, 2.45) is 0 Å². The van der Waals surface area contributed by atoms with Crippen LogP contribution in [0.15, 0.2) is 36.4 Å². The highest BCUT2D eigenvalue weighted by Gasteiger charge is 2.35. The van der Waals surface area contributed by atoms with Gasteiger partial charge in [-0.15, -0.1) is 0 Å². The zero-order chi connectivity index (χ0) is 17.4. The van der Waals surface area contributed by atoms with E-state index in [1.54, 1.807) is 0 Å². The van der Waals surface area contributed by atoms with Crippen molar-refractivity contribution < 1.29 is 9.59 Å². The van der Waals surface area contributed by atoms with Crippen LogP contribution in [-0.2, 0) is 9.59 Å². The van der Waals surface area contributed by atoms with Gasteiger partial charge in [0.1, 0.15) is 12.1 Å². The molecule has 1 aliphatic rings. The molecule has 124 valence electrons. The summed E-state index contributed by atoms with van der Waals surface area (Å²) < 4.78 is 0. The summed E-state index contributed by atoms with van der Waals surface area (Å²) in [5, 5.41) is 5.75. The van der Waals surface area contributed by atoms with Crippen LogP contribution in [0.1, 0.15) is 45.5 Å². The van der Waals surface area contributed by atoms with Gasteiger partial charge in [0.2, 0.25) is 11.8 Å². The van der Waals surface area contributed by atoms with Crippen molar-refractivity contribution in [2.75, 3.05) is 0 Å². The first-order chi connectivity index (χ1) is 11.3. The molecule has 24 heavy (non-hydrogen) atoms. The second kappa shape index (κ2) is 6.11. The molecule has 0 bridgehead atoms. The van der Waals surface area contributed by atoms with Crippen LogP contribution in [-0.4, -0.2) is 11.8 Å². The van der Waals surface area contributed by atoms with E-state index < -0.39 is 12.1 Å². The molecular weight excluding hydrogens is 300 g/mol. The fraction of sp³-hybridized carbons (Fsp3) is 0.300. The van der Waals surface area contributed by atoms with Crippen LogP contribution in [0.3, 0.4) is 0 Å². The lowest BCUT2D eigenvalue weighted by molar-refractivity contribution is -0.137. The van der Waals surface area contributed by atoms with E-state index in [9.17, 15) is 9.59 Å². The largest absolute Gasteiger partial charge is 0.338 e. The second-order valence-corrected chi connectivity index (χ2v) is 6.73. The highest BCUT2D eigenvalue weighted by molar-refractivity contribution is 5.98. The standard InChI is InChI=1S/C20H22N2O2/c1-11-5-12(2)8-15(7-11)17-19(23)22-18(20(24)21-17)16-9-13(3)6-14(4)10-16/h5-10,17-18H,1-4H3,(H,21,24)(H,22,23). The van der Waals surface area contributed by atoms with E-state index in [-0.39, 0.29) is 11.8 Å².